The first kappa shape index (κ1) is 10.4. The third-order valence-corrected chi connectivity index (χ3v) is 1.67. The first-order chi connectivity index (χ1) is 6.45. The van der Waals surface area contributed by atoms with Crippen LogP contribution in [0.5, 0.6) is 0 Å². The van der Waals surface area contributed by atoms with Gasteiger partial charge in [0.2, 0.25) is 0 Å². The summed E-state index contributed by atoms with van der Waals surface area (Å²) in [6.45, 7) is 1.06. The molecular formula is C7H5F3N2O2. The lowest BCUT2D eigenvalue weighted by atomic mass is 10.2. The van der Waals surface area contributed by atoms with E-state index in [4.69, 9.17) is 0 Å². The van der Waals surface area contributed by atoms with Gasteiger partial charge < -0.3 is 0 Å². The van der Waals surface area contributed by atoms with Crippen molar-refractivity contribution in [3.8, 4) is 0 Å². The van der Waals surface area contributed by atoms with Crippen molar-refractivity contribution >= 4 is 5.69 Å². The maximum atomic E-state index is 13.0. The van der Waals surface area contributed by atoms with Gasteiger partial charge in [-0.2, -0.15) is 0 Å². The summed E-state index contributed by atoms with van der Waals surface area (Å²) >= 11 is 0. The number of halogens is 3. The van der Waals surface area contributed by atoms with E-state index < -0.39 is 34.1 Å². The molecule has 0 N–H and O–H groups in total. The number of alkyl halides is 2. The fraction of sp³-hybridized carbons (Fsp3) is 0.286. The second-order valence-corrected chi connectivity index (χ2v) is 2.53. The van der Waals surface area contributed by atoms with Crippen molar-refractivity contribution in [1.29, 1.82) is 0 Å². The highest BCUT2D eigenvalue weighted by molar-refractivity contribution is 5.39. The van der Waals surface area contributed by atoms with Crippen molar-refractivity contribution in [2.24, 2.45) is 0 Å². The summed E-state index contributed by atoms with van der Waals surface area (Å²) in [5, 5.41) is 10.3. The SMILES string of the molecule is Cc1c([N+](=O)[O-])cnc(C(F)F)c1F. The molecule has 1 heterocycles. The molecule has 0 aromatic carbocycles. The molecular weight excluding hydrogens is 201 g/mol. The average molecular weight is 206 g/mol. The summed E-state index contributed by atoms with van der Waals surface area (Å²) < 4.78 is 37.2. The lowest BCUT2D eigenvalue weighted by molar-refractivity contribution is -0.385. The number of hydrogen-bond donors (Lipinski definition) is 0. The Bertz CT molecular complexity index is 381. The summed E-state index contributed by atoms with van der Waals surface area (Å²) in [7, 11) is 0. The van der Waals surface area contributed by atoms with E-state index in [1.165, 1.54) is 0 Å². The van der Waals surface area contributed by atoms with Crippen molar-refractivity contribution in [3.05, 3.63) is 33.4 Å². The normalized spacial score (nSPS) is 10.6. The summed E-state index contributed by atoms with van der Waals surface area (Å²) in [4.78, 5) is 12.4. The molecule has 0 aliphatic rings. The third kappa shape index (κ3) is 1.66. The number of hydrogen-bond acceptors (Lipinski definition) is 3. The minimum absolute atomic E-state index is 0.430. The molecule has 14 heavy (non-hydrogen) atoms. The van der Waals surface area contributed by atoms with Gasteiger partial charge in [0.25, 0.3) is 12.1 Å². The minimum atomic E-state index is -3.07. The first-order valence-electron chi connectivity index (χ1n) is 3.52. The highest BCUT2D eigenvalue weighted by Crippen LogP contribution is 2.26. The van der Waals surface area contributed by atoms with Gasteiger partial charge in [-0.05, 0) is 6.92 Å². The van der Waals surface area contributed by atoms with Crippen molar-refractivity contribution < 1.29 is 18.1 Å². The molecule has 1 rings (SSSR count). The molecule has 0 unspecified atom stereocenters. The Balaban J connectivity index is 3.33. The van der Waals surface area contributed by atoms with Crippen LogP contribution in [-0.4, -0.2) is 9.91 Å². The second kappa shape index (κ2) is 3.60. The van der Waals surface area contributed by atoms with Crippen LogP contribution in [0.25, 0.3) is 0 Å². The summed E-state index contributed by atoms with van der Waals surface area (Å²) in [5.74, 6) is -1.32. The Morgan fingerprint density at radius 1 is 1.57 bits per heavy atom. The van der Waals surface area contributed by atoms with Crippen LogP contribution in [0.15, 0.2) is 6.20 Å². The van der Waals surface area contributed by atoms with Crippen LogP contribution in [0.2, 0.25) is 0 Å². The van der Waals surface area contributed by atoms with E-state index in [0.29, 0.717) is 6.20 Å². The Kier molecular flexibility index (Phi) is 2.68. The molecule has 1 aromatic rings. The van der Waals surface area contributed by atoms with Crippen molar-refractivity contribution in [3.63, 3.8) is 0 Å². The zero-order valence-electron chi connectivity index (χ0n) is 7.00. The largest absolute Gasteiger partial charge is 0.293 e. The van der Waals surface area contributed by atoms with Crippen molar-refractivity contribution in [2.45, 2.75) is 13.3 Å². The van der Waals surface area contributed by atoms with Gasteiger partial charge in [-0.3, -0.25) is 10.1 Å². The molecule has 1 aromatic heterocycles. The predicted molar refractivity (Wildman–Crippen MR) is 40.5 cm³/mol. The number of rotatable bonds is 2. The molecule has 0 aliphatic heterocycles. The van der Waals surface area contributed by atoms with E-state index in [0.717, 1.165) is 6.92 Å². The third-order valence-electron chi connectivity index (χ3n) is 1.67. The zero-order valence-corrected chi connectivity index (χ0v) is 7.00. The fourth-order valence-corrected chi connectivity index (χ4v) is 0.925. The molecule has 0 saturated carbocycles. The van der Waals surface area contributed by atoms with Crippen molar-refractivity contribution in [1.82, 2.24) is 4.98 Å². The Labute approximate surface area is 76.5 Å². The van der Waals surface area contributed by atoms with E-state index in [1.54, 1.807) is 0 Å². The molecule has 4 nitrogen and oxygen atoms in total. The van der Waals surface area contributed by atoms with Gasteiger partial charge in [-0.15, -0.1) is 0 Å². The molecule has 76 valence electrons. The Morgan fingerprint density at radius 2 is 2.14 bits per heavy atom. The number of nitro groups is 1. The quantitative estimate of drug-likeness (QED) is 0.551. The van der Waals surface area contributed by atoms with E-state index in [9.17, 15) is 23.3 Å². The molecule has 0 amide bonds. The number of aromatic nitrogens is 1. The maximum absolute atomic E-state index is 13.0. The van der Waals surface area contributed by atoms with Gasteiger partial charge in [-0.25, -0.2) is 18.2 Å². The van der Waals surface area contributed by atoms with Gasteiger partial charge in [0.15, 0.2) is 5.82 Å². The summed E-state index contributed by atoms with van der Waals surface area (Å²) in [6, 6.07) is 0. The highest BCUT2D eigenvalue weighted by atomic mass is 19.3. The van der Waals surface area contributed by atoms with Crippen LogP contribution >= 0.6 is 0 Å². The standard InChI is InChI=1S/C7H5F3N2O2/c1-3-4(12(13)14)2-11-6(5(3)8)7(9)10/h2,7H,1H3. The molecule has 0 bridgehead atoms. The van der Waals surface area contributed by atoms with Gasteiger partial charge in [-0.1, -0.05) is 0 Å². The van der Waals surface area contributed by atoms with Crippen LogP contribution in [0.4, 0.5) is 18.9 Å². The van der Waals surface area contributed by atoms with Crippen LogP contribution < -0.4 is 0 Å². The average Bonchev–Trinajstić information content (AvgIpc) is 2.08. The molecule has 0 fully saturated rings. The topological polar surface area (TPSA) is 56.0 Å². The zero-order chi connectivity index (χ0) is 10.9. The lowest BCUT2D eigenvalue weighted by Crippen LogP contribution is -2.02. The summed E-state index contributed by atoms with van der Waals surface area (Å²) in [6.07, 6.45) is -2.45. The molecule has 7 heteroatoms. The number of pyridine rings is 1. The van der Waals surface area contributed by atoms with E-state index in [1.807, 2.05) is 0 Å². The first-order valence-corrected chi connectivity index (χ1v) is 3.52. The van der Waals surface area contributed by atoms with Gasteiger partial charge in [0.05, 0.1) is 10.5 Å². The number of nitrogens with zero attached hydrogens (tertiary/aromatic N) is 2. The highest BCUT2D eigenvalue weighted by Gasteiger charge is 2.23. The van der Waals surface area contributed by atoms with Crippen molar-refractivity contribution in [2.75, 3.05) is 0 Å². The molecule has 0 saturated heterocycles. The lowest BCUT2D eigenvalue weighted by Gasteiger charge is -2.03. The van der Waals surface area contributed by atoms with Gasteiger partial charge >= 0.3 is 0 Å². The van der Waals surface area contributed by atoms with Gasteiger partial charge in [0.1, 0.15) is 11.9 Å². The van der Waals surface area contributed by atoms with E-state index in [-0.39, 0.29) is 0 Å². The van der Waals surface area contributed by atoms with Crippen LogP contribution in [0, 0.1) is 22.9 Å². The van der Waals surface area contributed by atoms with Gasteiger partial charge in [0, 0.05) is 0 Å². The van der Waals surface area contributed by atoms with Crippen LogP contribution in [0.3, 0.4) is 0 Å². The minimum Gasteiger partial charge on any atom is -0.258 e. The van der Waals surface area contributed by atoms with E-state index in [2.05, 4.69) is 4.98 Å². The molecule has 0 radical (unpaired) electrons. The molecule has 0 spiro atoms. The molecule has 0 aliphatic carbocycles. The molecule has 0 atom stereocenters. The Morgan fingerprint density at radius 3 is 2.57 bits per heavy atom. The smallest absolute Gasteiger partial charge is 0.258 e. The van der Waals surface area contributed by atoms with E-state index >= 15 is 0 Å². The predicted octanol–water partition coefficient (Wildman–Crippen LogP) is 2.37. The maximum Gasteiger partial charge on any atom is 0.293 e. The monoisotopic (exact) mass is 206 g/mol. The summed E-state index contributed by atoms with van der Waals surface area (Å²) in [5.41, 5.74) is -2.10. The second-order valence-electron chi connectivity index (χ2n) is 2.53. The fourth-order valence-electron chi connectivity index (χ4n) is 0.925. The Hall–Kier alpha value is -1.66. The van der Waals surface area contributed by atoms with Crippen LogP contribution in [-0.2, 0) is 0 Å². The van der Waals surface area contributed by atoms with Crippen LogP contribution in [0.1, 0.15) is 17.7 Å².